The number of hydrogen-bond donors (Lipinski definition) is 0. The summed E-state index contributed by atoms with van der Waals surface area (Å²) in [5.41, 5.74) is 0. The largest absolute Gasteiger partial charge is 0.414 e. The molecular formula is C11H25IOSi. The molecule has 14 heavy (non-hydrogen) atoms. The van der Waals surface area contributed by atoms with Gasteiger partial charge in [0.1, 0.15) is 0 Å². The van der Waals surface area contributed by atoms with Crippen LogP contribution in [0.2, 0.25) is 18.1 Å². The van der Waals surface area contributed by atoms with Crippen LogP contribution in [0.25, 0.3) is 0 Å². The standard InChI is InChI=1S/C11H25IOSi/c1-9(8-12)10(2)13-14(6,7)11(3,4)5/h9-10H,8H2,1-7H3/t9-,10-/m0/s1. The van der Waals surface area contributed by atoms with Crippen LogP contribution < -0.4 is 0 Å². The minimum absolute atomic E-state index is 0.326. The van der Waals surface area contributed by atoms with Crippen molar-refractivity contribution in [3.63, 3.8) is 0 Å². The summed E-state index contributed by atoms with van der Waals surface area (Å²) < 4.78 is 7.46. The molecule has 1 nitrogen and oxygen atoms in total. The molecule has 0 radical (unpaired) electrons. The number of hydrogen-bond acceptors (Lipinski definition) is 1. The molecule has 0 unspecified atom stereocenters. The Balaban J connectivity index is 4.36. The first kappa shape index (κ1) is 14.9. The van der Waals surface area contributed by atoms with E-state index in [1.807, 2.05) is 0 Å². The van der Waals surface area contributed by atoms with E-state index in [1.54, 1.807) is 0 Å². The van der Waals surface area contributed by atoms with E-state index in [9.17, 15) is 0 Å². The molecule has 0 amide bonds. The van der Waals surface area contributed by atoms with Crippen molar-refractivity contribution in [3.8, 4) is 0 Å². The van der Waals surface area contributed by atoms with Crippen LogP contribution in [0, 0.1) is 5.92 Å². The fourth-order valence-electron chi connectivity index (χ4n) is 0.883. The molecule has 86 valence electrons. The highest BCUT2D eigenvalue weighted by molar-refractivity contribution is 14.1. The van der Waals surface area contributed by atoms with Crippen LogP contribution in [0.5, 0.6) is 0 Å². The first-order valence-electron chi connectivity index (χ1n) is 5.35. The lowest BCUT2D eigenvalue weighted by atomic mass is 10.1. The quantitative estimate of drug-likeness (QED) is 0.420. The average molecular weight is 328 g/mol. The molecule has 3 heteroatoms. The van der Waals surface area contributed by atoms with Gasteiger partial charge in [-0.2, -0.15) is 0 Å². The first-order chi connectivity index (χ1) is 6.12. The van der Waals surface area contributed by atoms with Gasteiger partial charge in [0.25, 0.3) is 0 Å². The number of alkyl halides is 1. The lowest BCUT2D eigenvalue weighted by Crippen LogP contribution is -2.44. The van der Waals surface area contributed by atoms with E-state index < -0.39 is 8.32 Å². The van der Waals surface area contributed by atoms with Crippen LogP contribution in [0.3, 0.4) is 0 Å². The Hall–Kier alpha value is 0.907. The number of rotatable bonds is 4. The highest BCUT2D eigenvalue weighted by atomic mass is 127. The van der Waals surface area contributed by atoms with Gasteiger partial charge in [0.15, 0.2) is 8.32 Å². The lowest BCUT2D eigenvalue weighted by Gasteiger charge is -2.39. The molecule has 0 aliphatic carbocycles. The van der Waals surface area contributed by atoms with Crippen molar-refractivity contribution in [1.82, 2.24) is 0 Å². The van der Waals surface area contributed by atoms with Gasteiger partial charge >= 0.3 is 0 Å². The third kappa shape index (κ3) is 4.19. The molecule has 0 fully saturated rings. The fraction of sp³-hybridized carbons (Fsp3) is 1.00. The minimum atomic E-state index is -1.55. The van der Waals surface area contributed by atoms with Crippen molar-refractivity contribution in [2.45, 2.75) is 58.9 Å². The Labute approximate surface area is 104 Å². The SMILES string of the molecule is C[C@H](O[Si](C)(C)C(C)(C)C)[C@@H](C)CI. The normalized spacial score (nSPS) is 18.0. The molecule has 0 heterocycles. The Kier molecular flexibility index (Phi) is 5.64. The smallest absolute Gasteiger partial charge is 0.192 e. The van der Waals surface area contributed by atoms with Crippen molar-refractivity contribution >= 4 is 30.9 Å². The summed E-state index contributed by atoms with van der Waals surface area (Å²) in [6, 6.07) is 0. The van der Waals surface area contributed by atoms with Gasteiger partial charge in [-0.1, -0.05) is 50.3 Å². The first-order valence-corrected chi connectivity index (χ1v) is 9.79. The molecule has 2 atom stereocenters. The Bertz CT molecular complexity index is 175. The van der Waals surface area contributed by atoms with Crippen molar-refractivity contribution in [2.24, 2.45) is 5.92 Å². The van der Waals surface area contributed by atoms with E-state index in [4.69, 9.17) is 4.43 Å². The summed E-state index contributed by atoms with van der Waals surface area (Å²) in [6.45, 7) is 16.0. The van der Waals surface area contributed by atoms with Crippen LogP contribution in [0.4, 0.5) is 0 Å². The third-order valence-electron chi connectivity index (χ3n) is 3.33. The zero-order valence-corrected chi connectivity index (χ0v) is 13.8. The van der Waals surface area contributed by atoms with Crippen LogP contribution in [0.15, 0.2) is 0 Å². The lowest BCUT2D eigenvalue weighted by molar-refractivity contribution is 0.155. The zero-order chi connectivity index (χ0) is 11.6. The maximum Gasteiger partial charge on any atom is 0.192 e. The van der Waals surface area contributed by atoms with Gasteiger partial charge in [-0.25, -0.2) is 0 Å². The summed E-state index contributed by atoms with van der Waals surface area (Å²) in [5.74, 6) is 0.657. The van der Waals surface area contributed by atoms with Gasteiger partial charge in [-0.05, 0) is 31.0 Å². The van der Waals surface area contributed by atoms with Gasteiger partial charge in [0.05, 0.1) is 0 Å². The van der Waals surface area contributed by atoms with Gasteiger partial charge in [0.2, 0.25) is 0 Å². The second kappa shape index (κ2) is 5.30. The molecule has 0 saturated carbocycles. The Morgan fingerprint density at radius 2 is 1.64 bits per heavy atom. The fourth-order valence-corrected chi connectivity index (χ4v) is 3.11. The topological polar surface area (TPSA) is 9.23 Å². The average Bonchev–Trinajstić information content (AvgIpc) is 2.00. The molecule has 0 aliphatic heterocycles. The predicted molar refractivity (Wildman–Crippen MR) is 75.8 cm³/mol. The molecule has 0 saturated heterocycles. The van der Waals surface area contributed by atoms with Crippen molar-refractivity contribution in [2.75, 3.05) is 4.43 Å². The molecule has 0 aromatic rings. The molecule has 0 aromatic heterocycles. The molecular weight excluding hydrogens is 303 g/mol. The van der Waals surface area contributed by atoms with Gasteiger partial charge in [-0.15, -0.1) is 0 Å². The van der Waals surface area contributed by atoms with E-state index in [0.717, 1.165) is 0 Å². The maximum absolute atomic E-state index is 6.29. The molecule has 0 spiro atoms. The molecule has 0 aromatic carbocycles. The summed E-state index contributed by atoms with van der Waals surface area (Å²) in [4.78, 5) is 0. The zero-order valence-electron chi connectivity index (χ0n) is 10.6. The molecule has 0 aliphatic rings. The second-order valence-corrected chi connectivity index (χ2v) is 11.4. The van der Waals surface area contributed by atoms with Crippen LogP contribution in [-0.2, 0) is 4.43 Å². The minimum Gasteiger partial charge on any atom is -0.414 e. The van der Waals surface area contributed by atoms with Gasteiger partial charge in [-0.3, -0.25) is 0 Å². The molecule has 0 N–H and O–H groups in total. The van der Waals surface area contributed by atoms with Crippen LogP contribution in [0.1, 0.15) is 34.6 Å². The highest BCUT2D eigenvalue weighted by Crippen LogP contribution is 2.38. The van der Waals surface area contributed by atoms with E-state index >= 15 is 0 Å². The summed E-state index contributed by atoms with van der Waals surface area (Å²) in [7, 11) is -1.55. The van der Waals surface area contributed by atoms with Crippen molar-refractivity contribution < 1.29 is 4.43 Å². The monoisotopic (exact) mass is 328 g/mol. The van der Waals surface area contributed by atoms with E-state index in [-0.39, 0.29) is 0 Å². The van der Waals surface area contributed by atoms with Crippen LogP contribution in [-0.4, -0.2) is 18.8 Å². The van der Waals surface area contributed by atoms with E-state index in [0.29, 0.717) is 17.1 Å². The van der Waals surface area contributed by atoms with Gasteiger partial charge < -0.3 is 4.43 Å². The predicted octanol–water partition coefficient (Wildman–Crippen LogP) is 4.47. The summed E-state index contributed by atoms with van der Waals surface area (Å²) >= 11 is 2.44. The van der Waals surface area contributed by atoms with Crippen LogP contribution >= 0.6 is 22.6 Å². The second-order valence-electron chi connectivity index (χ2n) is 5.71. The summed E-state index contributed by atoms with van der Waals surface area (Å²) in [6.07, 6.45) is 0.396. The number of halogens is 1. The van der Waals surface area contributed by atoms with Crippen molar-refractivity contribution in [3.05, 3.63) is 0 Å². The highest BCUT2D eigenvalue weighted by Gasteiger charge is 2.38. The molecule has 0 bridgehead atoms. The van der Waals surface area contributed by atoms with E-state index in [1.165, 1.54) is 4.43 Å². The third-order valence-corrected chi connectivity index (χ3v) is 9.29. The molecule has 0 rings (SSSR count). The maximum atomic E-state index is 6.29. The Morgan fingerprint density at radius 1 is 1.21 bits per heavy atom. The van der Waals surface area contributed by atoms with Gasteiger partial charge in [0, 0.05) is 10.5 Å². The Morgan fingerprint density at radius 3 is 1.93 bits per heavy atom. The summed E-state index contributed by atoms with van der Waals surface area (Å²) in [5, 5.41) is 0.326. The van der Waals surface area contributed by atoms with E-state index in [2.05, 4.69) is 70.3 Å². The van der Waals surface area contributed by atoms with Crippen molar-refractivity contribution in [1.29, 1.82) is 0 Å².